The first-order valence-electron chi connectivity index (χ1n) is 8.35. The third kappa shape index (κ3) is 3.97. The molecule has 3 nitrogen and oxygen atoms in total. The van der Waals surface area contributed by atoms with Gasteiger partial charge in [0.25, 0.3) is 0 Å². The molecule has 1 saturated carbocycles. The van der Waals surface area contributed by atoms with Gasteiger partial charge < -0.3 is 5.11 Å². The van der Waals surface area contributed by atoms with Gasteiger partial charge in [0.1, 0.15) is 0 Å². The summed E-state index contributed by atoms with van der Waals surface area (Å²) in [6, 6.07) is 0.929. The summed E-state index contributed by atoms with van der Waals surface area (Å²) in [6.07, 6.45) is 9.08. The number of aliphatic carboxylic acids is 1. The fourth-order valence-corrected chi connectivity index (χ4v) is 4.24. The molecule has 116 valence electrons. The van der Waals surface area contributed by atoms with Crippen molar-refractivity contribution < 1.29 is 9.90 Å². The van der Waals surface area contributed by atoms with Crippen LogP contribution < -0.4 is 0 Å². The molecule has 0 aromatic rings. The molecule has 2 rings (SSSR count). The minimum absolute atomic E-state index is 0.295. The van der Waals surface area contributed by atoms with Crippen molar-refractivity contribution in [2.45, 2.75) is 84.2 Å². The summed E-state index contributed by atoms with van der Waals surface area (Å²) in [5.74, 6) is 0.191. The second-order valence-electron chi connectivity index (χ2n) is 7.86. The summed E-state index contributed by atoms with van der Waals surface area (Å²) in [7, 11) is 0. The molecule has 0 aromatic carbocycles. The minimum Gasteiger partial charge on any atom is -0.481 e. The highest BCUT2D eigenvalue weighted by Gasteiger charge is 2.35. The molecule has 3 unspecified atom stereocenters. The monoisotopic (exact) mass is 281 g/mol. The molecule has 1 N–H and O–H groups in total. The van der Waals surface area contributed by atoms with Gasteiger partial charge in [-0.1, -0.05) is 27.2 Å². The molecule has 20 heavy (non-hydrogen) atoms. The summed E-state index contributed by atoms with van der Waals surface area (Å²) in [4.78, 5) is 13.5. The molecule has 2 fully saturated rings. The molecule has 3 heteroatoms. The summed E-state index contributed by atoms with van der Waals surface area (Å²) in [6.45, 7) is 8.20. The molecular formula is C17H31NO2. The lowest BCUT2D eigenvalue weighted by molar-refractivity contribution is -0.138. The predicted octanol–water partition coefficient (Wildman–Crippen LogP) is 3.92. The number of carboxylic acids is 1. The molecular weight excluding hydrogens is 250 g/mol. The molecule has 1 saturated heterocycles. The number of hydrogen-bond donors (Lipinski definition) is 1. The van der Waals surface area contributed by atoms with E-state index in [-0.39, 0.29) is 0 Å². The molecule has 0 amide bonds. The summed E-state index contributed by atoms with van der Waals surface area (Å²) in [5, 5.41) is 9.07. The lowest BCUT2D eigenvalue weighted by atomic mass is 9.76. The van der Waals surface area contributed by atoms with Crippen LogP contribution in [0.3, 0.4) is 0 Å². The van der Waals surface area contributed by atoms with E-state index in [2.05, 4.69) is 25.7 Å². The smallest absolute Gasteiger partial charge is 0.304 e. The average molecular weight is 281 g/mol. The van der Waals surface area contributed by atoms with Crippen LogP contribution in [-0.4, -0.2) is 34.6 Å². The fourth-order valence-electron chi connectivity index (χ4n) is 4.24. The molecule has 1 heterocycles. The van der Waals surface area contributed by atoms with E-state index >= 15 is 0 Å². The maximum Gasteiger partial charge on any atom is 0.304 e. The number of nitrogens with zero attached hydrogens (tertiary/aromatic N) is 1. The summed E-state index contributed by atoms with van der Waals surface area (Å²) >= 11 is 0. The largest absolute Gasteiger partial charge is 0.481 e. The topological polar surface area (TPSA) is 40.5 Å². The second-order valence-corrected chi connectivity index (χ2v) is 7.86. The zero-order valence-electron chi connectivity index (χ0n) is 13.4. The van der Waals surface area contributed by atoms with E-state index in [9.17, 15) is 4.79 Å². The average Bonchev–Trinajstić information content (AvgIpc) is 2.62. The molecule has 2 aliphatic rings. The lowest BCUT2D eigenvalue weighted by Gasteiger charge is -2.33. The van der Waals surface area contributed by atoms with Gasteiger partial charge in [-0.25, -0.2) is 0 Å². The zero-order chi connectivity index (χ0) is 14.8. The van der Waals surface area contributed by atoms with Crippen LogP contribution in [-0.2, 0) is 4.79 Å². The van der Waals surface area contributed by atoms with Crippen molar-refractivity contribution in [1.82, 2.24) is 4.90 Å². The lowest BCUT2D eigenvalue weighted by Crippen LogP contribution is -2.40. The molecule has 0 spiro atoms. The van der Waals surface area contributed by atoms with Crippen molar-refractivity contribution in [2.75, 3.05) is 6.54 Å². The van der Waals surface area contributed by atoms with E-state index in [4.69, 9.17) is 5.11 Å². The highest BCUT2D eigenvalue weighted by Crippen LogP contribution is 2.39. The van der Waals surface area contributed by atoms with Crippen LogP contribution >= 0.6 is 0 Å². The van der Waals surface area contributed by atoms with Crippen LogP contribution in [0.2, 0.25) is 0 Å². The maximum atomic E-state index is 11.0. The highest BCUT2D eigenvalue weighted by atomic mass is 16.4. The molecule has 1 aliphatic carbocycles. The Balaban J connectivity index is 1.94. The molecule has 3 atom stereocenters. The summed E-state index contributed by atoms with van der Waals surface area (Å²) in [5.41, 5.74) is 0.417. The molecule has 1 aliphatic heterocycles. The van der Waals surface area contributed by atoms with Crippen LogP contribution in [0, 0.1) is 11.3 Å². The van der Waals surface area contributed by atoms with Gasteiger partial charge in [0.05, 0.1) is 6.42 Å². The van der Waals surface area contributed by atoms with Gasteiger partial charge >= 0.3 is 5.97 Å². The van der Waals surface area contributed by atoms with E-state index in [0.717, 1.165) is 18.9 Å². The van der Waals surface area contributed by atoms with Crippen molar-refractivity contribution in [2.24, 2.45) is 11.3 Å². The Bertz CT molecular complexity index is 334. The number of likely N-dealkylation sites (tertiary alicyclic amines) is 1. The Morgan fingerprint density at radius 2 is 1.85 bits per heavy atom. The van der Waals surface area contributed by atoms with Gasteiger partial charge in [-0.05, 0) is 56.4 Å². The van der Waals surface area contributed by atoms with Gasteiger partial charge in [0, 0.05) is 12.1 Å². The third-order valence-electron chi connectivity index (χ3n) is 5.46. The van der Waals surface area contributed by atoms with E-state index in [1.807, 2.05) is 0 Å². The first-order chi connectivity index (χ1) is 9.38. The van der Waals surface area contributed by atoms with Gasteiger partial charge in [-0.3, -0.25) is 9.69 Å². The fraction of sp³-hybridized carbons (Fsp3) is 0.941. The van der Waals surface area contributed by atoms with Crippen LogP contribution in [0.15, 0.2) is 0 Å². The second kappa shape index (κ2) is 6.46. The molecule has 0 aromatic heterocycles. The highest BCUT2D eigenvalue weighted by molar-refractivity contribution is 5.67. The quantitative estimate of drug-likeness (QED) is 0.797. The van der Waals surface area contributed by atoms with E-state index in [1.165, 1.54) is 38.5 Å². The minimum atomic E-state index is -0.636. The van der Waals surface area contributed by atoms with Crippen LogP contribution in [0.1, 0.15) is 72.1 Å². The SMILES string of the molecule is CC(C)(C)C1CCCC(N2CCCC2CC(=O)O)CC1. The zero-order valence-corrected chi connectivity index (χ0v) is 13.4. The third-order valence-corrected chi connectivity index (χ3v) is 5.46. The van der Waals surface area contributed by atoms with Crippen molar-refractivity contribution in [3.63, 3.8) is 0 Å². The van der Waals surface area contributed by atoms with Crippen LogP contribution in [0.4, 0.5) is 0 Å². The van der Waals surface area contributed by atoms with Crippen molar-refractivity contribution in [1.29, 1.82) is 0 Å². The maximum absolute atomic E-state index is 11.0. The van der Waals surface area contributed by atoms with E-state index < -0.39 is 5.97 Å². The van der Waals surface area contributed by atoms with Crippen molar-refractivity contribution in [3.8, 4) is 0 Å². The first kappa shape index (κ1) is 15.8. The molecule has 0 bridgehead atoms. The Hall–Kier alpha value is -0.570. The Morgan fingerprint density at radius 3 is 2.50 bits per heavy atom. The molecule has 0 radical (unpaired) electrons. The Kier molecular flexibility index (Phi) is 5.11. The van der Waals surface area contributed by atoms with Crippen molar-refractivity contribution in [3.05, 3.63) is 0 Å². The number of rotatable bonds is 3. The van der Waals surface area contributed by atoms with Crippen LogP contribution in [0.5, 0.6) is 0 Å². The van der Waals surface area contributed by atoms with E-state index in [0.29, 0.717) is 23.9 Å². The Morgan fingerprint density at radius 1 is 1.10 bits per heavy atom. The standard InChI is InChI=1S/C17H31NO2/c1-17(2,3)13-6-4-7-14(10-9-13)18-11-5-8-15(18)12-16(19)20/h13-15H,4-12H2,1-3H3,(H,19,20). The number of carboxylic acid groups (broad SMARTS) is 1. The first-order valence-corrected chi connectivity index (χ1v) is 8.35. The van der Waals surface area contributed by atoms with E-state index in [1.54, 1.807) is 0 Å². The van der Waals surface area contributed by atoms with Gasteiger partial charge in [-0.2, -0.15) is 0 Å². The number of carbonyl (C=O) groups is 1. The Labute approximate surface area is 123 Å². The number of hydrogen-bond acceptors (Lipinski definition) is 2. The predicted molar refractivity (Wildman–Crippen MR) is 81.8 cm³/mol. The van der Waals surface area contributed by atoms with Gasteiger partial charge in [0.2, 0.25) is 0 Å². The summed E-state index contributed by atoms with van der Waals surface area (Å²) < 4.78 is 0. The van der Waals surface area contributed by atoms with Gasteiger partial charge in [-0.15, -0.1) is 0 Å². The van der Waals surface area contributed by atoms with Crippen LogP contribution in [0.25, 0.3) is 0 Å². The van der Waals surface area contributed by atoms with Crippen molar-refractivity contribution >= 4 is 5.97 Å². The normalized spacial score (nSPS) is 33.0. The van der Waals surface area contributed by atoms with Gasteiger partial charge in [0.15, 0.2) is 0 Å².